The Morgan fingerprint density at radius 1 is 1.16 bits per heavy atom. The van der Waals surface area contributed by atoms with Crippen LogP contribution in [0, 0.1) is 0 Å². The van der Waals surface area contributed by atoms with Crippen LogP contribution < -0.4 is 5.32 Å². The van der Waals surface area contributed by atoms with Crippen molar-refractivity contribution in [2.24, 2.45) is 0 Å². The number of nitrogens with one attached hydrogen (secondary N) is 1. The van der Waals surface area contributed by atoms with Crippen molar-refractivity contribution in [3.05, 3.63) is 45.7 Å². The fourth-order valence-corrected chi connectivity index (χ4v) is 2.20. The van der Waals surface area contributed by atoms with Crippen molar-refractivity contribution in [1.82, 2.24) is 9.78 Å². The topological polar surface area (TPSA) is 29.9 Å². The molecule has 1 aromatic carbocycles. The molecule has 2 rings (SSSR count). The van der Waals surface area contributed by atoms with Gasteiger partial charge in [0.25, 0.3) is 0 Å². The molecule has 102 valence electrons. The first-order valence-electron chi connectivity index (χ1n) is 6.38. The van der Waals surface area contributed by atoms with Crippen LogP contribution in [0.25, 0.3) is 0 Å². The Balaban J connectivity index is 2.09. The Morgan fingerprint density at radius 2 is 1.95 bits per heavy atom. The molecule has 0 aliphatic heterocycles. The maximum atomic E-state index is 5.99. The van der Waals surface area contributed by atoms with Gasteiger partial charge in [0.2, 0.25) is 0 Å². The van der Waals surface area contributed by atoms with E-state index in [0.29, 0.717) is 10.0 Å². The van der Waals surface area contributed by atoms with Gasteiger partial charge in [-0.05, 0) is 37.6 Å². The molecule has 0 radical (unpaired) electrons. The average molecular weight is 298 g/mol. The first-order valence-corrected chi connectivity index (χ1v) is 7.14. The highest BCUT2D eigenvalue weighted by atomic mass is 35.5. The van der Waals surface area contributed by atoms with Gasteiger partial charge in [0.1, 0.15) is 0 Å². The summed E-state index contributed by atoms with van der Waals surface area (Å²) in [7, 11) is 0. The van der Waals surface area contributed by atoms with Crippen LogP contribution in [0.5, 0.6) is 0 Å². The molecule has 3 nitrogen and oxygen atoms in total. The standard InChI is InChI=1S/C14H17Cl2N3/c1-3-10-7-12(19(4-2)18-10)9-17-11-5-6-13(15)14(16)8-11/h5-8,17H,3-4,9H2,1-2H3. The van der Waals surface area contributed by atoms with Crippen LogP contribution in [-0.2, 0) is 19.5 Å². The van der Waals surface area contributed by atoms with E-state index in [1.165, 1.54) is 5.69 Å². The SMILES string of the molecule is CCc1cc(CNc2ccc(Cl)c(Cl)c2)n(CC)n1. The van der Waals surface area contributed by atoms with Crippen molar-refractivity contribution in [2.75, 3.05) is 5.32 Å². The van der Waals surface area contributed by atoms with Gasteiger partial charge in [0, 0.05) is 12.2 Å². The molecule has 0 saturated heterocycles. The Bertz CT molecular complexity index is 564. The van der Waals surface area contributed by atoms with Gasteiger partial charge in [-0.3, -0.25) is 4.68 Å². The van der Waals surface area contributed by atoms with Gasteiger partial charge in [-0.1, -0.05) is 30.1 Å². The molecule has 0 bridgehead atoms. The van der Waals surface area contributed by atoms with Crippen molar-refractivity contribution in [2.45, 2.75) is 33.4 Å². The predicted octanol–water partition coefficient (Wildman–Crippen LogP) is 4.38. The highest BCUT2D eigenvalue weighted by Crippen LogP contribution is 2.25. The molecular formula is C14H17Cl2N3. The number of benzene rings is 1. The van der Waals surface area contributed by atoms with Gasteiger partial charge in [-0.25, -0.2) is 0 Å². The minimum absolute atomic E-state index is 0.560. The van der Waals surface area contributed by atoms with Gasteiger partial charge < -0.3 is 5.32 Å². The average Bonchev–Trinajstić information content (AvgIpc) is 2.82. The first-order chi connectivity index (χ1) is 9.13. The summed E-state index contributed by atoms with van der Waals surface area (Å²) in [6.45, 7) is 5.80. The maximum Gasteiger partial charge on any atom is 0.0625 e. The fourth-order valence-electron chi connectivity index (χ4n) is 1.90. The molecule has 0 amide bonds. The normalized spacial score (nSPS) is 10.7. The number of rotatable bonds is 5. The minimum Gasteiger partial charge on any atom is -0.379 e. The predicted molar refractivity (Wildman–Crippen MR) is 81.1 cm³/mol. The zero-order valence-electron chi connectivity index (χ0n) is 11.1. The van der Waals surface area contributed by atoms with Gasteiger partial charge >= 0.3 is 0 Å². The highest BCUT2D eigenvalue weighted by molar-refractivity contribution is 6.42. The molecule has 1 aromatic heterocycles. The summed E-state index contributed by atoms with van der Waals surface area (Å²) in [6, 6.07) is 7.67. The van der Waals surface area contributed by atoms with Gasteiger partial charge in [-0.2, -0.15) is 5.10 Å². The van der Waals surface area contributed by atoms with E-state index in [9.17, 15) is 0 Å². The number of hydrogen-bond acceptors (Lipinski definition) is 2. The second-order valence-corrected chi connectivity index (χ2v) is 5.09. The highest BCUT2D eigenvalue weighted by Gasteiger charge is 2.06. The maximum absolute atomic E-state index is 5.99. The van der Waals surface area contributed by atoms with E-state index < -0.39 is 0 Å². The van der Waals surface area contributed by atoms with Crippen LogP contribution in [0.4, 0.5) is 5.69 Å². The van der Waals surface area contributed by atoms with E-state index in [0.717, 1.165) is 30.9 Å². The molecule has 0 aliphatic carbocycles. The van der Waals surface area contributed by atoms with Crippen LogP contribution >= 0.6 is 23.2 Å². The molecule has 5 heteroatoms. The third-order valence-corrected chi connectivity index (χ3v) is 3.71. The zero-order valence-corrected chi connectivity index (χ0v) is 12.6. The zero-order chi connectivity index (χ0) is 13.8. The Morgan fingerprint density at radius 3 is 2.58 bits per heavy atom. The van der Waals surface area contributed by atoms with E-state index in [1.807, 2.05) is 16.8 Å². The summed E-state index contributed by atoms with van der Waals surface area (Å²) in [5.41, 5.74) is 3.24. The van der Waals surface area contributed by atoms with Crippen LogP contribution in [0.15, 0.2) is 24.3 Å². The Hall–Kier alpha value is -1.19. The van der Waals surface area contributed by atoms with E-state index in [-0.39, 0.29) is 0 Å². The lowest BCUT2D eigenvalue weighted by Crippen LogP contribution is -2.07. The number of aryl methyl sites for hydroxylation is 2. The summed E-state index contributed by atoms with van der Waals surface area (Å²) in [4.78, 5) is 0. The monoisotopic (exact) mass is 297 g/mol. The number of hydrogen-bond donors (Lipinski definition) is 1. The minimum atomic E-state index is 0.560. The quantitative estimate of drug-likeness (QED) is 0.887. The molecule has 2 aromatic rings. The van der Waals surface area contributed by atoms with Crippen molar-refractivity contribution in [3.63, 3.8) is 0 Å². The molecule has 0 unspecified atom stereocenters. The molecule has 0 saturated carbocycles. The number of anilines is 1. The fraction of sp³-hybridized carbons (Fsp3) is 0.357. The summed E-state index contributed by atoms with van der Waals surface area (Å²) >= 11 is 11.9. The Labute approximate surface area is 123 Å². The molecular weight excluding hydrogens is 281 g/mol. The van der Waals surface area contributed by atoms with Crippen molar-refractivity contribution >= 4 is 28.9 Å². The Kier molecular flexibility index (Phi) is 4.72. The lowest BCUT2D eigenvalue weighted by Gasteiger charge is -2.08. The summed E-state index contributed by atoms with van der Waals surface area (Å²) < 4.78 is 2.02. The molecule has 0 atom stereocenters. The lowest BCUT2D eigenvalue weighted by molar-refractivity contribution is 0.619. The largest absolute Gasteiger partial charge is 0.379 e. The smallest absolute Gasteiger partial charge is 0.0625 e. The number of halogens is 2. The van der Waals surface area contributed by atoms with Gasteiger partial charge in [0.15, 0.2) is 0 Å². The van der Waals surface area contributed by atoms with E-state index in [2.05, 4.69) is 30.3 Å². The third-order valence-electron chi connectivity index (χ3n) is 2.97. The lowest BCUT2D eigenvalue weighted by atomic mass is 10.3. The molecule has 0 aliphatic rings. The summed E-state index contributed by atoms with van der Waals surface area (Å²) in [5.74, 6) is 0. The van der Waals surface area contributed by atoms with Crippen molar-refractivity contribution in [3.8, 4) is 0 Å². The molecule has 19 heavy (non-hydrogen) atoms. The van der Waals surface area contributed by atoms with Crippen LogP contribution in [0.3, 0.4) is 0 Å². The van der Waals surface area contributed by atoms with Crippen molar-refractivity contribution < 1.29 is 0 Å². The third kappa shape index (κ3) is 3.43. The molecule has 1 heterocycles. The van der Waals surface area contributed by atoms with E-state index in [4.69, 9.17) is 23.2 Å². The second-order valence-electron chi connectivity index (χ2n) is 4.28. The molecule has 0 fully saturated rings. The molecule has 0 spiro atoms. The van der Waals surface area contributed by atoms with Gasteiger partial charge in [0.05, 0.1) is 28.0 Å². The van der Waals surface area contributed by atoms with Gasteiger partial charge in [-0.15, -0.1) is 0 Å². The van der Waals surface area contributed by atoms with Crippen LogP contribution in [0.2, 0.25) is 10.0 Å². The molecule has 1 N–H and O–H groups in total. The van der Waals surface area contributed by atoms with E-state index >= 15 is 0 Å². The van der Waals surface area contributed by atoms with Crippen LogP contribution in [0.1, 0.15) is 25.2 Å². The number of aromatic nitrogens is 2. The summed E-state index contributed by atoms with van der Waals surface area (Å²) in [6.07, 6.45) is 0.951. The van der Waals surface area contributed by atoms with Crippen LogP contribution in [-0.4, -0.2) is 9.78 Å². The second kappa shape index (κ2) is 6.31. The first kappa shape index (κ1) is 14.2. The number of nitrogens with zero attached hydrogens (tertiary/aromatic N) is 2. The van der Waals surface area contributed by atoms with Crippen molar-refractivity contribution in [1.29, 1.82) is 0 Å². The summed E-state index contributed by atoms with van der Waals surface area (Å²) in [5, 5.41) is 8.99. The van der Waals surface area contributed by atoms with E-state index in [1.54, 1.807) is 6.07 Å².